The molecule has 0 rings (SSSR count). The zero-order valence-electron chi connectivity index (χ0n) is 3.86. The van der Waals surface area contributed by atoms with Crippen molar-refractivity contribution < 1.29 is 4.70 Å². The van der Waals surface area contributed by atoms with Crippen molar-refractivity contribution in [2.75, 3.05) is 0 Å². The van der Waals surface area contributed by atoms with Crippen molar-refractivity contribution in [2.24, 2.45) is 0 Å². The van der Waals surface area contributed by atoms with E-state index in [1.165, 1.54) is 0 Å². The molecule has 0 aliphatic rings. The van der Waals surface area contributed by atoms with Gasteiger partial charge >= 0.3 is 0 Å². The standard InChI is InChI=1S/C3H8ClN.FH/c1-3(2)5-4;/h3,5H,1-2H3;1H. The Kier molecular flexibility index (Phi) is 8.19. The molecule has 1 nitrogen and oxygen atoms in total. The van der Waals surface area contributed by atoms with Gasteiger partial charge in [-0.3, -0.25) is 4.70 Å². The quantitative estimate of drug-likeness (QED) is 0.506. The van der Waals surface area contributed by atoms with E-state index in [2.05, 4.69) is 4.84 Å². The van der Waals surface area contributed by atoms with E-state index in [-0.39, 0.29) is 4.70 Å². The van der Waals surface area contributed by atoms with Crippen LogP contribution in [0.2, 0.25) is 0 Å². The molecule has 0 bridgehead atoms. The second-order valence-electron chi connectivity index (χ2n) is 1.26. The van der Waals surface area contributed by atoms with Crippen molar-refractivity contribution in [1.82, 2.24) is 4.84 Å². The number of hydrogen-bond donors (Lipinski definition) is 1. The molecule has 0 saturated heterocycles. The van der Waals surface area contributed by atoms with E-state index in [1.807, 2.05) is 13.8 Å². The summed E-state index contributed by atoms with van der Waals surface area (Å²) in [5.41, 5.74) is 0. The first-order valence-electron chi connectivity index (χ1n) is 1.63. The molecule has 0 fully saturated rings. The number of hydrogen-bond acceptors (Lipinski definition) is 1. The molecule has 0 aromatic carbocycles. The molecule has 0 aromatic rings. The summed E-state index contributed by atoms with van der Waals surface area (Å²) in [6.07, 6.45) is 0. The lowest BCUT2D eigenvalue weighted by atomic mass is 10.4. The van der Waals surface area contributed by atoms with E-state index >= 15 is 0 Å². The Balaban J connectivity index is 0. The van der Waals surface area contributed by atoms with E-state index in [1.54, 1.807) is 0 Å². The van der Waals surface area contributed by atoms with Crippen LogP contribution in [-0.4, -0.2) is 6.04 Å². The first kappa shape index (κ1) is 9.49. The second-order valence-corrected chi connectivity index (χ2v) is 1.48. The van der Waals surface area contributed by atoms with Gasteiger partial charge in [0.2, 0.25) is 0 Å². The molecule has 0 aliphatic carbocycles. The maximum atomic E-state index is 5.09. The van der Waals surface area contributed by atoms with Crippen LogP contribution >= 0.6 is 11.8 Å². The van der Waals surface area contributed by atoms with Gasteiger partial charge in [-0.1, -0.05) is 0 Å². The first-order valence-corrected chi connectivity index (χ1v) is 2.01. The van der Waals surface area contributed by atoms with Gasteiger partial charge in [0.25, 0.3) is 0 Å². The van der Waals surface area contributed by atoms with Gasteiger partial charge in [-0.25, -0.2) is 4.84 Å². The van der Waals surface area contributed by atoms with Gasteiger partial charge in [0.1, 0.15) is 0 Å². The molecule has 0 saturated carbocycles. The summed E-state index contributed by atoms with van der Waals surface area (Å²) in [6, 6.07) is 0.400. The van der Waals surface area contributed by atoms with E-state index in [9.17, 15) is 0 Å². The fourth-order valence-electron chi connectivity index (χ4n) is 0. The average molecular weight is 114 g/mol. The fourth-order valence-corrected chi connectivity index (χ4v) is 0. The van der Waals surface area contributed by atoms with Crippen molar-refractivity contribution in [2.45, 2.75) is 19.9 Å². The Morgan fingerprint density at radius 1 is 1.50 bits per heavy atom. The molecule has 0 atom stereocenters. The molecule has 1 N–H and O–H groups in total. The van der Waals surface area contributed by atoms with Gasteiger partial charge in [0.15, 0.2) is 0 Å². The van der Waals surface area contributed by atoms with Crippen molar-refractivity contribution in [3.63, 3.8) is 0 Å². The van der Waals surface area contributed by atoms with Crippen LogP contribution in [0.25, 0.3) is 0 Å². The summed E-state index contributed by atoms with van der Waals surface area (Å²) < 4.78 is 0. The van der Waals surface area contributed by atoms with Crippen LogP contribution in [0.3, 0.4) is 0 Å². The highest BCUT2D eigenvalue weighted by Gasteiger charge is 1.79. The molecular formula is C3H9ClFN. The maximum absolute atomic E-state index is 5.09. The van der Waals surface area contributed by atoms with Crippen LogP contribution in [0.15, 0.2) is 0 Å². The third-order valence-electron chi connectivity index (χ3n) is 0.218. The molecule has 0 aliphatic heterocycles. The predicted octanol–water partition coefficient (Wildman–Crippen LogP) is 1.29. The maximum Gasteiger partial charge on any atom is 0.0164 e. The third kappa shape index (κ3) is 8.89. The van der Waals surface area contributed by atoms with Gasteiger partial charge in [0.05, 0.1) is 0 Å². The summed E-state index contributed by atoms with van der Waals surface area (Å²) in [4.78, 5) is 2.50. The summed E-state index contributed by atoms with van der Waals surface area (Å²) in [5.74, 6) is 0. The normalized spacial score (nSPS) is 8.00. The van der Waals surface area contributed by atoms with E-state index < -0.39 is 0 Å². The minimum absolute atomic E-state index is 0. The molecular weight excluding hydrogens is 104 g/mol. The summed E-state index contributed by atoms with van der Waals surface area (Å²) >= 11 is 5.09. The van der Waals surface area contributed by atoms with E-state index in [4.69, 9.17) is 11.8 Å². The smallest absolute Gasteiger partial charge is 0.0164 e. The summed E-state index contributed by atoms with van der Waals surface area (Å²) in [5, 5.41) is 0. The highest BCUT2D eigenvalue weighted by Crippen LogP contribution is 1.73. The van der Waals surface area contributed by atoms with E-state index in [0.29, 0.717) is 6.04 Å². The number of rotatable bonds is 1. The molecule has 0 aromatic heterocycles. The van der Waals surface area contributed by atoms with Crippen molar-refractivity contribution in [3.05, 3.63) is 0 Å². The largest absolute Gasteiger partial charge is 0.269 e. The molecule has 6 heavy (non-hydrogen) atoms. The van der Waals surface area contributed by atoms with E-state index in [0.717, 1.165) is 0 Å². The molecule has 0 amide bonds. The zero-order chi connectivity index (χ0) is 4.28. The van der Waals surface area contributed by atoms with Crippen LogP contribution < -0.4 is 4.84 Å². The zero-order valence-corrected chi connectivity index (χ0v) is 4.62. The predicted molar refractivity (Wildman–Crippen MR) is 26.6 cm³/mol. The molecule has 0 unspecified atom stereocenters. The SMILES string of the molecule is CC(C)NCl.F. The Morgan fingerprint density at radius 3 is 1.67 bits per heavy atom. The third-order valence-corrected chi connectivity index (χ3v) is 0.655. The monoisotopic (exact) mass is 113 g/mol. The lowest BCUT2D eigenvalue weighted by molar-refractivity contribution is 0.762. The molecule has 3 heteroatoms. The van der Waals surface area contributed by atoms with Crippen molar-refractivity contribution in [3.8, 4) is 0 Å². The first-order chi connectivity index (χ1) is 2.27. The van der Waals surface area contributed by atoms with Gasteiger partial charge in [-0.15, -0.1) is 0 Å². The molecule has 40 valence electrons. The number of nitrogens with one attached hydrogen (secondary N) is 1. The average Bonchev–Trinajstić information content (AvgIpc) is 1.38. The Hall–Kier alpha value is 0.180. The highest BCUT2D eigenvalue weighted by molar-refractivity contribution is 6.13. The van der Waals surface area contributed by atoms with Crippen LogP contribution in [0, 0.1) is 0 Å². The summed E-state index contributed by atoms with van der Waals surface area (Å²) in [7, 11) is 0. The molecule has 0 radical (unpaired) electrons. The van der Waals surface area contributed by atoms with Gasteiger partial charge in [-0.2, -0.15) is 0 Å². The fraction of sp³-hybridized carbons (Fsp3) is 1.00. The number of halogens is 2. The van der Waals surface area contributed by atoms with Crippen molar-refractivity contribution in [1.29, 1.82) is 0 Å². The highest BCUT2D eigenvalue weighted by atomic mass is 35.5. The van der Waals surface area contributed by atoms with Crippen LogP contribution in [0.5, 0.6) is 0 Å². The lowest BCUT2D eigenvalue weighted by Crippen LogP contribution is -2.09. The Bertz CT molecular complexity index is 24.8. The Morgan fingerprint density at radius 2 is 1.67 bits per heavy atom. The molecule has 0 heterocycles. The lowest BCUT2D eigenvalue weighted by Gasteiger charge is -1.92. The Labute approximate surface area is 42.2 Å². The van der Waals surface area contributed by atoms with Crippen LogP contribution in [0.4, 0.5) is 4.70 Å². The molecule has 0 spiro atoms. The second kappa shape index (κ2) is 5.18. The van der Waals surface area contributed by atoms with Gasteiger partial charge in [-0.05, 0) is 25.6 Å². The summed E-state index contributed by atoms with van der Waals surface area (Å²) in [6.45, 7) is 3.96. The van der Waals surface area contributed by atoms with Crippen molar-refractivity contribution >= 4 is 11.8 Å². The topological polar surface area (TPSA) is 12.0 Å². The minimum atomic E-state index is 0. The van der Waals surface area contributed by atoms with Gasteiger partial charge in [0, 0.05) is 6.04 Å². The van der Waals surface area contributed by atoms with Gasteiger partial charge < -0.3 is 0 Å². The minimum Gasteiger partial charge on any atom is -0.269 e. The van der Waals surface area contributed by atoms with Crippen LogP contribution in [-0.2, 0) is 0 Å². The van der Waals surface area contributed by atoms with Crippen LogP contribution in [0.1, 0.15) is 13.8 Å².